The molecule has 0 saturated heterocycles. The molecule has 0 aliphatic carbocycles. The highest BCUT2D eigenvalue weighted by Crippen LogP contribution is 2.19. The molecule has 0 aliphatic heterocycles. The van der Waals surface area contributed by atoms with Crippen LogP contribution in [0.3, 0.4) is 0 Å². The monoisotopic (exact) mass is 286 g/mol. The summed E-state index contributed by atoms with van der Waals surface area (Å²) in [6.45, 7) is 15.4. The summed E-state index contributed by atoms with van der Waals surface area (Å²) in [7, 11) is -2.58. The van der Waals surface area contributed by atoms with E-state index in [1.165, 1.54) is 0 Å². The molecule has 0 saturated carbocycles. The van der Waals surface area contributed by atoms with Crippen LogP contribution in [0.1, 0.15) is 27.7 Å². The molecule has 0 spiro atoms. The summed E-state index contributed by atoms with van der Waals surface area (Å²) in [5.74, 6) is 0. The van der Waals surface area contributed by atoms with Gasteiger partial charge in [-0.1, -0.05) is 20.4 Å². The van der Waals surface area contributed by atoms with Gasteiger partial charge < -0.3 is 13.8 Å². The molecule has 6 heteroatoms. The van der Waals surface area contributed by atoms with Gasteiger partial charge in [0.05, 0.1) is 6.54 Å². The van der Waals surface area contributed by atoms with Crippen LogP contribution < -0.4 is 0 Å². The van der Waals surface area contributed by atoms with E-state index < -0.39 is 8.56 Å². The first-order valence-electron chi connectivity index (χ1n) is 6.82. The zero-order chi connectivity index (χ0) is 14.7. The maximum Gasteiger partial charge on any atom is 0.384 e. The molecule has 0 aromatic rings. The molecule has 0 aromatic heterocycles. The van der Waals surface area contributed by atoms with E-state index in [-0.39, 0.29) is 6.54 Å². The number of carbonyl (C=O) groups excluding carboxylic acids is 1. The van der Waals surface area contributed by atoms with Gasteiger partial charge in [-0.25, -0.2) is 9.79 Å². The molecule has 5 nitrogen and oxygen atoms in total. The van der Waals surface area contributed by atoms with E-state index >= 15 is 0 Å². The van der Waals surface area contributed by atoms with Crippen molar-refractivity contribution >= 4 is 14.6 Å². The third kappa shape index (κ3) is 5.80. The van der Waals surface area contributed by atoms with Gasteiger partial charge in [0.15, 0.2) is 0 Å². The zero-order valence-electron chi connectivity index (χ0n) is 12.6. The number of isocyanates is 1. The van der Waals surface area contributed by atoms with Gasteiger partial charge in [-0.05, 0) is 32.1 Å². The molecule has 0 N–H and O–H groups in total. The van der Waals surface area contributed by atoms with Crippen molar-refractivity contribution in [3.8, 4) is 0 Å². The van der Waals surface area contributed by atoms with E-state index in [0.29, 0.717) is 13.2 Å². The second-order valence-electron chi connectivity index (χ2n) is 4.09. The lowest BCUT2D eigenvalue weighted by Gasteiger charge is -2.35. The summed E-state index contributed by atoms with van der Waals surface area (Å²) < 4.78 is 11.9. The van der Waals surface area contributed by atoms with Crippen molar-refractivity contribution < 1.29 is 13.6 Å². The average molecular weight is 286 g/mol. The van der Waals surface area contributed by atoms with E-state index in [4.69, 9.17) is 8.85 Å². The molecule has 0 fully saturated rings. The molecular formula is C13H26N2O3Si. The lowest BCUT2D eigenvalue weighted by Crippen LogP contribution is -2.55. The van der Waals surface area contributed by atoms with Gasteiger partial charge in [0.25, 0.3) is 0 Å². The molecule has 0 aliphatic rings. The number of rotatable bonds is 11. The Balaban J connectivity index is 5.13. The molecule has 0 amide bonds. The molecule has 110 valence electrons. The molecule has 0 radical (unpaired) electrons. The summed E-state index contributed by atoms with van der Waals surface area (Å²) in [5, 5.41) is 0.784. The van der Waals surface area contributed by atoms with E-state index in [1.54, 1.807) is 6.08 Å². The van der Waals surface area contributed by atoms with Crippen molar-refractivity contribution in [3.05, 3.63) is 11.8 Å². The fraction of sp³-hybridized carbons (Fsp3) is 0.769. The van der Waals surface area contributed by atoms with Gasteiger partial charge in [-0.2, -0.15) is 0 Å². The Hall–Kier alpha value is -0.783. The molecule has 19 heavy (non-hydrogen) atoms. The predicted molar refractivity (Wildman–Crippen MR) is 78.9 cm³/mol. The lowest BCUT2D eigenvalue weighted by atomic mass is 10.6. The Labute approximate surface area is 117 Å². The molecule has 0 atom stereocenters. The summed E-state index contributed by atoms with van der Waals surface area (Å²) in [4.78, 5) is 16.1. The van der Waals surface area contributed by atoms with Gasteiger partial charge in [-0.3, -0.25) is 0 Å². The minimum atomic E-state index is -2.58. The van der Waals surface area contributed by atoms with Gasteiger partial charge in [0, 0.05) is 19.4 Å². The van der Waals surface area contributed by atoms with Crippen molar-refractivity contribution in [1.29, 1.82) is 0 Å². The van der Waals surface area contributed by atoms with Crippen LogP contribution in [0, 0.1) is 0 Å². The minimum absolute atomic E-state index is 0.233. The van der Waals surface area contributed by atoms with Gasteiger partial charge >= 0.3 is 8.56 Å². The highest BCUT2D eigenvalue weighted by Gasteiger charge is 2.42. The quantitative estimate of drug-likeness (QED) is 0.330. The van der Waals surface area contributed by atoms with E-state index in [1.807, 2.05) is 13.8 Å². The van der Waals surface area contributed by atoms with Crippen molar-refractivity contribution in [1.82, 2.24) is 4.90 Å². The first-order chi connectivity index (χ1) is 9.10. The van der Waals surface area contributed by atoms with E-state index in [0.717, 1.165) is 24.5 Å². The Kier molecular flexibility index (Phi) is 9.64. The second kappa shape index (κ2) is 10.1. The number of aliphatic imine (C=N–C) groups is 1. The lowest BCUT2D eigenvalue weighted by molar-refractivity contribution is 0.169. The van der Waals surface area contributed by atoms with Crippen molar-refractivity contribution in [3.63, 3.8) is 0 Å². The molecule has 0 rings (SSSR count). The van der Waals surface area contributed by atoms with Crippen molar-refractivity contribution in [2.24, 2.45) is 4.99 Å². The third-order valence-corrected chi connectivity index (χ3v) is 6.56. The predicted octanol–water partition coefficient (Wildman–Crippen LogP) is 1.81. The van der Waals surface area contributed by atoms with Crippen LogP contribution in [0.15, 0.2) is 16.8 Å². The maximum atomic E-state index is 10.3. The molecule has 0 aromatic carbocycles. The van der Waals surface area contributed by atoms with Crippen LogP contribution in [-0.4, -0.2) is 58.6 Å². The fourth-order valence-corrected chi connectivity index (χ4v) is 5.09. The Morgan fingerprint density at radius 2 is 1.74 bits per heavy atom. The average Bonchev–Trinajstić information content (AvgIpc) is 2.42. The molecular weight excluding hydrogens is 260 g/mol. The summed E-state index contributed by atoms with van der Waals surface area (Å²) in [6.07, 6.45) is 2.27. The smallest absolute Gasteiger partial charge is 0.384 e. The number of nitrogens with zero attached hydrogens (tertiary/aromatic N) is 2. The number of hydrogen-bond donors (Lipinski definition) is 0. The van der Waals surface area contributed by atoms with Crippen LogP contribution in [0.4, 0.5) is 0 Å². The number of hydrogen-bond acceptors (Lipinski definition) is 5. The third-order valence-electron chi connectivity index (χ3n) is 2.95. The Bertz CT molecular complexity index is 307. The summed E-state index contributed by atoms with van der Waals surface area (Å²) in [6, 6.07) is 0. The van der Waals surface area contributed by atoms with E-state index in [9.17, 15) is 4.79 Å². The van der Waals surface area contributed by atoms with Crippen LogP contribution in [0.2, 0.25) is 0 Å². The Morgan fingerprint density at radius 1 is 1.21 bits per heavy atom. The first kappa shape index (κ1) is 18.2. The van der Waals surface area contributed by atoms with Crippen LogP contribution in [0.5, 0.6) is 0 Å². The van der Waals surface area contributed by atoms with Crippen molar-refractivity contribution in [2.75, 3.05) is 39.0 Å². The topological polar surface area (TPSA) is 51.1 Å². The Morgan fingerprint density at radius 3 is 2.11 bits per heavy atom. The largest absolute Gasteiger partial charge is 0.391 e. The van der Waals surface area contributed by atoms with Gasteiger partial charge in [0.2, 0.25) is 6.08 Å². The zero-order valence-corrected chi connectivity index (χ0v) is 13.6. The highest BCUT2D eigenvalue weighted by molar-refractivity contribution is 6.75. The van der Waals surface area contributed by atoms with Crippen LogP contribution >= 0.6 is 0 Å². The van der Waals surface area contributed by atoms with E-state index in [2.05, 4.69) is 30.3 Å². The molecule has 0 bridgehead atoms. The van der Waals surface area contributed by atoms with Gasteiger partial charge in [0.1, 0.15) is 0 Å². The minimum Gasteiger partial charge on any atom is -0.391 e. The summed E-state index contributed by atoms with van der Waals surface area (Å²) in [5.41, 5.74) is 0. The normalized spacial score (nSPS) is 11.4. The molecule has 0 unspecified atom stereocenters. The molecule has 0 heterocycles. The fourth-order valence-electron chi connectivity index (χ4n) is 1.90. The highest BCUT2D eigenvalue weighted by atomic mass is 28.4. The standard InChI is InChI=1S/C13H26N2O3Si/c1-6-15(7-2)12-19(17-8-3,18-9-4)13(5)10-14-11-16/h5-10,12H2,1-4H3. The van der Waals surface area contributed by atoms with Crippen LogP contribution in [-0.2, 0) is 13.6 Å². The SMILES string of the molecule is C=C(CN=C=O)[Si](CN(CC)CC)(OCC)OCC. The first-order valence-corrected chi connectivity index (χ1v) is 8.84. The summed E-state index contributed by atoms with van der Waals surface area (Å²) >= 11 is 0. The van der Waals surface area contributed by atoms with Crippen molar-refractivity contribution in [2.45, 2.75) is 27.7 Å². The maximum absolute atomic E-state index is 10.3. The van der Waals surface area contributed by atoms with Gasteiger partial charge in [-0.15, -0.1) is 0 Å². The second-order valence-corrected chi connectivity index (χ2v) is 7.20. The van der Waals surface area contributed by atoms with Crippen LogP contribution in [0.25, 0.3) is 0 Å².